The molecule has 1 aromatic heterocycles. The van der Waals surface area contributed by atoms with Crippen molar-refractivity contribution in [1.82, 2.24) is 15.6 Å². The summed E-state index contributed by atoms with van der Waals surface area (Å²) in [6.45, 7) is 5.67. The fourth-order valence-corrected chi connectivity index (χ4v) is 3.25. The molecule has 0 aliphatic heterocycles. The highest BCUT2D eigenvalue weighted by Crippen LogP contribution is 2.44. The average Bonchev–Trinajstić information content (AvgIpc) is 2.66. The maximum atomic E-state index is 12.5. The molecule has 0 aromatic carbocycles. The molecule has 1 heterocycles. The highest BCUT2D eigenvalue weighted by Gasteiger charge is 2.36. The topological polar surface area (TPSA) is 70.6 Å². The van der Waals surface area contributed by atoms with Gasteiger partial charge in [0.05, 0.1) is 5.56 Å². The Morgan fingerprint density at radius 2 is 2.00 bits per heavy atom. The minimum atomic E-state index is -4.36. The lowest BCUT2D eigenvalue weighted by Crippen LogP contribution is -2.40. The van der Waals surface area contributed by atoms with Gasteiger partial charge >= 0.3 is 6.18 Å². The van der Waals surface area contributed by atoms with Crippen molar-refractivity contribution in [2.24, 2.45) is 10.4 Å². The lowest BCUT2D eigenvalue weighted by Gasteiger charge is -2.40. The van der Waals surface area contributed by atoms with Gasteiger partial charge in [0.1, 0.15) is 5.82 Å². The Bertz CT molecular complexity index is 636. The van der Waals surface area contributed by atoms with E-state index in [0.717, 1.165) is 50.8 Å². The number of nitrogens with zero attached hydrogens (tertiary/aromatic N) is 2. The van der Waals surface area contributed by atoms with E-state index in [1.54, 1.807) is 7.11 Å². The molecule has 0 spiro atoms. The van der Waals surface area contributed by atoms with Crippen LogP contribution in [0.25, 0.3) is 0 Å². The maximum absolute atomic E-state index is 12.5. The number of halogens is 4. The standard InChI is InChI=1S/C20H32F3N5O.HI/c1-3-24-18(28-15-19(8-4-9-19)10-13-29-2)26-12-5-11-25-17-7-6-16(14-27-17)20(21,22)23;/h6-7,14H,3-5,8-13,15H2,1-2H3,(H,25,27)(H2,24,26,28);1H. The molecule has 0 atom stereocenters. The number of aromatic nitrogens is 1. The van der Waals surface area contributed by atoms with Gasteiger partial charge in [0.15, 0.2) is 5.96 Å². The Morgan fingerprint density at radius 1 is 1.23 bits per heavy atom. The monoisotopic (exact) mass is 543 g/mol. The second-order valence-corrected chi connectivity index (χ2v) is 7.43. The van der Waals surface area contributed by atoms with Crippen molar-refractivity contribution >= 4 is 35.8 Å². The fourth-order valence-electron chi connectivity index (χ4n) is 3.25. The second kappa shape index (κ2) is 13.2. The van der Waals surface area contributed by atoms with E-state index in [1.165, 1.54) is 25.3 Å². The van der Waals surface area contributed by atoms with Gasteiger partial charge in [-0.05, 0) is 50.2 Å². The third-order valence-corrected chi connectivity index (χ3v) is 5.21. The molecule has 30 heavy (non-hydrogen) atoms. The number of hydrogen-bond acceptors (Lipinski definition) is 4. The minimum Gasteiger partial charge on any atom is -0.385 e. The summed E-state index contributed by atoms with van der Waals surface area (Å²) in [5.74, 6) is 1.23. The van der Waals surface area contributed by atoms with Crippen LogP contribution >= 0.6 is 24.0 Å². The van der Waals surface area contributed by atoms with Crippen molar-refractivity contribution in [2.45, 2.75) is 45.2 Å². The number of aliphatic imine (C=N–C) groups is 1. The Morgan fingerprint density at radius 3 is 2.53 bits per heavy atom. The van der Waals surface area contributed by atoms with Crippen LogP contribution in [-0.2, 0) is 10.9 Å². The van der Waals surface area contributed by atoms with Crippen molar-refractivity contribution in [1.29, 1.82) is 0 Å². The Hall–Kier alpha value is -1.30. The zero-order valence-electron chi connectivity index (χ0n) is 17.6. The predicted molar refractivity (Wildman–Crippen MR) is 125 cm³/mol. The Labute approximate surface area is 193 Å². The molecular weight excluding hydrogens is 510 g/mol. The highest BCUT2D eigenvalue weighted by molar-refractivity contribution is 14.0. The molecule has 6 nitrogen and oxygen atoms in total. The lowest BCUT2D eigenvalue weighted by atomic mass is 9.67. The van der Waals surface area contributed by atoms with Gasteiger partial charge in [-0.1, -0.05) is 6.42 Å². The van der Waals surface area contributed by atoms with Crippen molar-refractivity contribution in [2.75, 3.05) is 45.2 Å². The largest absolute Gasteiger partial charge is 0.417 e. The van der Waals surface area contributed by atoms with Crippen LogP contribution in [0.15, 0.2) is 23.3 Å². The molecule has 3 N–H and O–H groups in total. The molecular formula is C20H33F3IN5O. The highest BCUT2D eigenvalue weighted by atomic mass is 127. The van der Waals surface area contributed by atoms with E-state index in [0.29, 0.717) is 18.9 Å². The third-order valence-electron chi connectivity index (χ3n) is 5.21. The fraction of sp³-hybridized carbons (Fsp3) is 0.700. The van der Waals surface area contributed by atoms with Gasteiger partial charge in [-0.3, -0.25) is 4.99 Å². The van der Waals surface area contributed by atoms with Gasteiger partial charge in [-0.2, -0.15) is 13.2 Å². The number of nitrogens with one attached hydrogen (secondary N) is 3. The summed E-state index contributed by atoms with van der Waals surface area (Å²) in [5, 5.41) is 9.60. The van der Waals surface area contributed by atoms with Crippen LogP contribution in [0.5, 0.6) is 0 Å². The van der Waals surface area contributed by atoms with Crippen LogP contribution in [0.2, 0.25) is 0 Å². The molecule has 1 aliphatic carbocycles. The lowest BCUT2D eigenvalue weighted by molar-refractivity contribution is -0.137. The molecule has 0 saturated heterocycles. The summed E-state index contributed by atoms with van der Waals surface area (Å²) in [6.07, 6.45) is 1.95. The number of methoxy groups -OCH3 is 1. The number of hydrogen-bond donors (Lipinski definition) is 3. The molecule has 10 heteroatoms. The zero-order chi connectivity index (χ0) is 21.2. The summed E-state index contributed by atoms with van der Waals surface area (Å²) < 4.78 is 42.9. The average molecular weight is 543 g/mol. The van der Waals surface area contributed by atoms with Gasteiger partial charge in [-0.25, -0.2) is 4.98 Å². The molecule has 2 rings (SSSR count). The molecule has 1 aromatic rings. The van der Waals surface area contributed by atoms with E-state index in [-0.39, 0.29) is 29.4 Å². The van der Waals surface area contributed by atoms with Gasteiger partial charge < -0.3 is 20.7 Å². The number of pyridine rings is 1. The first-order valence-electron chi connectivity index (χ1n) is 10.2. The van der Waals surface area contributed by atoms with Gasteiger partial charge in [0, 0.05) is 46.1 Å². The van der Waals surface area contributed by atoms with Crippen LogP contribution in [0.1, 0.15) is 44.6 Å². The van der Waals surface area contributed by atoms with E-state index in [9.17, 15) is 13.2 Å². The third kappa shape index (κ3) is 8.83. The molecule has 1 aliphatic rings. The van der Waals surface area contributed by atoms with Crippen LogP contribution in [-0.4, -0.2) is 50.8 Å². The van der Waals surface area contributed by atoms with Gasteiger partial charge in [0.2, 0.25) is 0 Å². The van der Waals surface area contributed by atoms with E-state index >= 15 is 0 Å². The molecule has 0 bridgehead atoms. The van der Waals surface area contributed by atoms with Crippen LogP contribution in [0.3, 0.4) is 0 Å². The summed E-state index contributed by atoms with van der Waals surface area (Å²) in [6, 6.07) is 2.38. The van der Waals surface area contributed by atoms with Crippen molar-refractivity contribution in [3.8, 4) is 0 Å². The smallest absolute Gasteiger partial charge is 0.385 e. The molecule has 1 fully saturated rings. The first-order valence-corrected chi connectivity index (χ1v) is 10.2. The number of anilines is 1. The molecule has 0 amide bonds. The van der Waals surface area contributed by atoms with Crippen molar-refractivity contribution in [3.05, 3.63) is 23.9 Å². The number of alkyl halides is 3. The Balaban J connectivity index is 0.00000450. The Kier molecular flexibility index (Phi) is 11.7. The summed E-state index contributed by atoms with van der Waals surface area (Å²) in [5.41, 5.74) is -0.473. The summed E-state index contributed by atoms with van der Waals surface area (Å²) >= 11 is 0. The first-order chi connectivity index (χ1) is 13.9. The first kappa shape index (κ1) is 26.7. The van der Waals surface area contributed by atoms with E-state index in [2.05, 4.69) is 20.9 Å². The van der Waals surface area contributed by atoms with Gasteiger partial charge in [0.25, 0.3) is 0 Å². The van der Waals surface area contributed by atoms with Crippen molar-refractivity contribution in [3.63, 3.8) is 0 Å². The molecule has 172 valence electrons. The zero-order valence-corrected chi connectivity index (χ0v) is 20.0. The normalized spacial score (nSPS) is 15.7. The van der Waals surface area contributed by atoms with Crippen molar-refractivity contribution < 1.29 is 17.9 Å². The summed E-state index contributed by atoms with van der Waals surface area (Å²) in [7, 11) is 1.73. The molecule has 0 unspecified atom stereocenters. The number of ether oxygens (including phenoxy) is 1. The predicted octanol–water partition coefficient (Wildman–Crippen LogP) is 4.28. The van der Waals surface area contributed by atoms with Crippen LogP contribution in [0, 0.1) is 5.41 Å². The second-order valence-electron chi connectivity index (χ2n) is 7.43. The van der Waals surface area contributed by atoms with E-state index in [4.69, 9.17) is 9.73 Å². The quantitative estimate of drug-likeness (QED) is 0.168. The van der Waals surface area contributed by atoms with Crippen LogP contribution in [0.4, 0.5) is 19.0 Å². The summed E-state index contributed by atoms with van der Waals surface area (Å²) in [4.78, 5) is 8.55. The number of rotatable bonds is 11. The minimum absolute atomic E-state index is 0. The van der Waals surface area contributed by atoms with E-state index in [1.807, 2.05) is 6.92 Å². The SMILES string of the molecule is CCNC(=NCC1(CCOC)CCC1)NCCCNc1ccc(C(F)(F)F)cn1.I. The number of guanidine groups is 1. The van der Waals surface area contributed by atoms with Gasteiger partial charge in [-0.15, -0.1) is 24.0 Å². The molecule has 1 saturated carbocycles. The maximum Gasteiger partial charge on any atom is 0.417 e. The molecule has 0 radical (unpaired) electrons. The van der Waals surface area contributed by atoms with E-state index < -0.39 is 11.7 Å². The van der Waals surface area contributed by atoms with Crippen LogP contribution < -0.4 is 16.0 Å².